The van der Waals surface area contributed by atoms with Crippen LogP contribution in [0.2, 0.25) is 0 Å². The van der Waals surface area contributed by atoms with Crippen molar-refractivity contribution in [2.24, 2.45) is 0 Å². The van der Waals surface area contributed by atoms with Gasteiger partial charge in [-0.2, -0.15) is 0 Å². The third kappa shape index (κ3) is 6.54. The maximum atomic E-state index is 12.6. The van der Waals surface area contributed by atoms with Crippen LogP contribution in [0, 0.1) is 0 Å². The van der Waals surface area contributed by atoms with Crippen molar-refractivity contribution in [2.75, 3.05) is 17.7 Å². The lowest BCUT2D eigenvalue weighted by Gasteiger charge is -2.11. The Kier molecular flexibility index (Phi) is 8.24. The van der Waals surface area contributed by atoms with Crippen LogP contribution in [-0.2, 0) is 16.1 Å². The van der Waals surface area contributed by atoms with Crippen LogP contribution in [0.25, 0.3) is 11.4 Å². The number of rotatable bonds is 10. The first-order valence-corrected chi connectivity index (χ1v) is 12.2. The minimum absolute atomic E-state index is 0.153. The van der Waals surface area contributed by atoms with Gasteiger partial charge in [0.25, 0.3) is 0 Å². The molecule has 0 unspecified atom stereocenters. The van der Waals surface area contributed by atoms with Crippen molar-refractivity contribution in [1.29, 1.82) is 0 Å². The monoisotopic (exact) mass is 487 g/mol. The van der Waals surface area contributed by atoms with Gasteiger partial charge in [-0.3, -0.25) is 14.3 Å². The van der Waals surface area contributed by atoms with Crippen LogP contribution < -0.4 is 5.32 Å². The molecule has 35 heavy (non-hydrogen) atoms. The Balaban J connectivity index is 1.43. The topological polar surface area (TPSA) is 99.0 Å². The van der Waals surface area contributed by atoms with E-state index in [2.05, 4.69) is 20.5 Å². The Morgan fingerprint density at radius 3 is 2.51 bits per heavy atom. The molecule has 1 N–H and O–H groups in total. The average molecular weight is 488 g/mol. The molecule has 2 aromatic heterocycles. The number of ether oxygens (including phenoxy) is 1. The summed E-state index contributed by atoms with van der Waals surface area (Å²) in [6.45, 7) is 2.89. The van der Waals surface area contributed by atoms with Crippen molar-refractivity contribution in [3.05, 3.63) is 90.3 Å². The first kappa shape index (κ1) is 24.2. The van der Waals surface area contributed by atoms with Crippen molar-refractivity contribution in [3.63, 3.8) is 0 Å². The fraction of sp³-hybridized carbons (Fsp3) is 0.192. The smallest absolute Gasteiger partial charge is 0.338 e. The van der Waals surface area contributed by atoms with Crippen LogP contribution >= 0.6 is 11.8 Å². The Morgan fingerprint density at radius 1 is 1.00 bits per heavy atom. The molecule has 0 saturated carbocycles. The highest BCUT2D eigenvalue weighted by Crippen LogP contribution is 2.25. The molecule has 4 rings (SSSR count). The fourth-order valence-corrected chi connectivity index (χ4v) is 4.05. The number of nitrogens with zero attached hydrogens (tertiary/aromatic N) is 4. The molecule has 8 nitrogen and oxygen atoms in total. The van der Waals surface area contributed by atoms with Gasteiger partial charge in [-0.15, -0.1) is 10.2 Å². The van der Waals surface area contributed by atoms with E-state index in [1.54, 1.807) is 36.7 Å². The third-order valence-corrected chi connectivity index (χ3v) is 5.96. The van der Waals surface area contributed by atoms with Gasteiger partial charge in [0.2, 0.25) is 5.91 Å². The Morgan fingerprint density at radius 2 is 1.80 bits per heavy atom. The molecule has 9 heteroatoms. The minimum Gasteiger partial charge on any atom is -0.462 e. The zero-order valence-electron chi connectivity index (χ0n) is 19.3. The summed E-state index contributed by atoms with van der Waals surface area (Å²) in [5, 5.41) is 12.2. The lowest BCUT2D eigenvalue weighted by Crippen LogP contribution is -2.15. The maximum Gasteiger partial charge on any atom is 0.338 e. The zero-order valence-corrected chi connectivity index (χ0v) is 20.1. The van der Waals surface area contributed by atoms with E-state index >= 15 is 0 Å². The average Bonchev–Trinajstić information content (AvgIpc) is 3.29. The largest absolute Gasteiger partial charge is 0.462 e. The molecular weight excluding hydrogens is 462 g/mol. The summed E-state index contributed by atoms with van der Waals surface area (Å²) in [6, 6.07) is 20.4. The number of aromatic nitrogens is 4. The number of hydrogen-bond donors (Lipinski definition) is 1. The Hall–Kier alpha value is -3.98. The highest BCUT2D eigenvalue weighted by Gasteiger charge is 2.16. The van der Waals surface area contributed by atoms with E-state index in [-0.39, 0.29) is 17.6 Å². The molecule has 0 bridgehead atoms. The summed E-state index contributed by atoms with van der Waals surface area (Å²) in [5.74, 6) is 0.284. The second-order valence-electron chi connectivity index (χ2n) is 7.67. The lowest BCUT2D eigenvalue weighted by atomic mass is 10.2. The number of carbonyl (C=O) groups is 2. The molecule has 0 aliphatic heterocycles. The third-order valence-electron chi connectivity index (χ3n) is 4.99. The summed E-state index contributed by atoms with van der Waals surface area (Å²) in [7, 11) is 0. The molecule has 0 atom stereocenters. The van der Waals surface area contributed by atoms with E-state index in [4.69, 9.17) is 4.74 Å². The summed E-state index contributed by atoms with van der Waals surface area (Å²) in [6.07, 6.45) is 4.22. The normalized spacial score (nSPS) is 10.7. The molecule has 0 radical (unpaired) electrons. The van der Waals surface area contributed by atoms with E-state index in [0.29, 0.717) is 35.4 Å². The van der Waals surface area contributed by atoms with Crippen molar-refractivity contribution in [2.45, 2.75) is 25.0 Å². The van der Waals surface area contributed by atoms with Gasteiger partial charge in [0, 0.05) is 23.6 Å². The summed E-state index contributed by atoms with van der Waals surface area (Å²) in [5.41, 5.74) is 3.00. The Bertz CT molecular complexity index is 1260. The van der Waals surface area contributed by atoms with Gasteiger partial charge in [-0.05, 0) is 48.4 Å². The van der Waals surface area contributed by atoms with Crippen LogP contribution in [0.5, 0.6) is 0 Å². The van der Waals surface area contributed by atoms with Crippen LogP contribution in [0.15, 0.2) is 84.3 Å². The van der Waals surface area contributed by atoms with Gasteiger partial charge in [-0.25, -0.2) is 4.79 Å². The molecule has 0 fully saturated rings. The molecular formula is C26H25N5O3S. The SMILES string of the molecule is CCCOC(=O)c1ccc(NC(=O)CSc2nnc(-c3cccnc3)n2Cc2ccccc2)cc1. The molecule has 0 saturated heterocycles. The molecule has 0 spiro atoms. The minimum atomic E-state index is -0.373. The second-order valence-corrected chi connectivity index (χ2v) is 8.61. The number of thioether (sulfide) groups is 1. The van der Waals surface area contributed by atoms with Gasteiger partial charge in [-0.1, -0.05) is 49.0 Å². The molecule has 0 aliphatic carbocycles. The van der Waals surface area contributed by atoms with E-state index in [9.17, 15) is 9.59 Å². The number of amides is 1. The molecule has 178 valence electrons. The quantitative estimate of drug-likeness (QED) is 0.256. The standard InChI is InChI=1S/C26H25N5O3S/c1-2-15-34-25(33)20-10-12-22(13-11-20)28-23(32)18-35-26-30-29-24(21-9-6-14-27-16-21)31(26)17-19-7-4-3-5-8-19/h3-14,16H,2,15,17-18H2,1H3,(H,28,32). The number of pyridine rings is 1. The van der Waals surface area contributed by atoms with Crippen LogP contribution in [0.4, 0.5) is 5.69 Å². The van der Waals surface area contributed by atoms with Crippen molar-refractivity contribution < 1.29 is 14.3 Å². The lowest BCUT2D eigenvalue weighted by molar-refractivity contribution is -0.113. The van der Waals surface area contributed by atoms with Crippen LogP contribution in [-0.4, -0.2) is 44.0 Å². The molecule has 0 aliphatic rings. The predicted octanol–water partition coefficient (Wildman–Crippen LogP) is 4.69. The van der Waals surface area contributed by atoms with Gasteiger partial charge in [0.1, 0.15) is 0 Å². The van der Waals surface area contributed by atoms with E-state index in [1.807, 2.05) is 54.0 Å². The zero-order chi connectivity index (χ0) is 24.5. The number of hydrogen-bond acceptors (Lipinski definition) is 7. The predicted molar refractivity (Wildman–Crippen MR) is 135 cm³/mol. The molecule has 1 amide bonds. The van der Waals surface area contributed by atoms with Crippen molar-refractivity contribution in [1.82, 2.24) is 19.7 Å². The van der Waals surface area contributed by atoms with E-state index in [0.717, 1.165) is 17.5 Å². The van der Waals surface area contributed by atoms with Gasteiger partial charge in [0.15, 0.2) is 11.0 Å². The van der Waals surface area contributed by atoms with Gasteiger partial charge < -0.3 is 10.1 Å². The van der Waals surface area contributed by atoms with Gasteiger partial charge in [0.05, 0.1) is 24.5 Å². The molecule has 2 aromatic carbocycles. The van der Waals surface area contributed by atoms with Crippen molar-refractivity contribution >= 4 is 29.3 Å². The van der Waals surface area contributed by atoms with Crippen molar-refractivity contribution in [3.8, 4) is 11.4 Å². The molecule has 2 heterocycles. The summed E-state index contributed by atoms with van der Waals surface area (Å²) < 4.78 is 7.11. The number of carbonyl (C=O) groups excluding carboxylic acids is 2. The maximum absolute atomic E-state index is 12.6. The number of benzene rings is 2. The first-order valence-electron chi connectivity index (χ1n) is 11.2. The highest BCUT2D eigenvalue weighted by molar-refractivity contribution is 7.99. The summed E-state index contributed by atoms with van der Waals surface area (Å²) >= 11 is 1.31. The fourth-order valence-electron chi connectivity index (χ4n) is 3.31. The van der Waals surface area contributed by atoms with E-state index < -0.39 is 0 Å². The highest BCUT2D eigenvalue weighted by atomic mass is 32.2. The van der Waals surface area contributed by atoms with Crippen LogP contribution in [0.3, 0.4) is 0 Å². The number of esters is 1. The first-order chi connectivity index (χ1) is 17.1. The Labute approximate surface area is 207 Å². The number of anilines is 1. The number of nitrogens with one attached hydrogen (secondary N) is 1. The van der Waals surface area contributed by atoms with Crippen LogP contribution in [0.1, 0.15) is 29.3 Å². The van der Waals surface area contributed by atoms with E-state index in [1.165, 1.54) is 11.8 Å². The second kappa shape index (κ2) is 11.9. The summed E-state index contributed by atoms with van der Waals surface area (Å²) in [4.78, 5) is 28.7. The molecule has 4 aromatic rings. The van der Waals surface area contributed by atoms with Gasteiger partial charge >= 0.3 is 5.97 Å².